The summed E-state index contributed by atoms with van der Waals surface area (Å²) in [7, 11) is 2.06. The molecule has 0 radical (unpaired) electrons. The first-order valence-corrected chi connectivity index (χ1v) is 6.98. The van der Waals surface area contributed by atoms with Gasteiger partial charge in [-0.2, -0.15) is 0 Å². The van der Waals surface area contributed by atoms with Gasteiger partial charge >= 0.3 is 0 Å². The van der Waals surface area contributed by atoms with E-state index in [2.05, 4.69) is 45.6 Å². The summed E-state index contributed by atoms with van der Waals surface area (Å²) in [6.45, 7) is 1.02. The third-order valence-electron chi connectivity index (χ3n) is 3.41. The average Bonchev–Trinajstić information content (AvgIpc) is 2.88. The molecule has 0 bridgehead atoms. The van der Waals surface area contributed by atoms with Gasteiger partial charge in [0.15, 0.2) is 0 Å². The molecule has 2 aromatic heterocycles. The normalized spacial score (nSPS) is 17.2. The van der Waals surface area contributed by atoms with Gasteiger partial charge in [0.25, 0.3) is 0 Å². The summed E-state index contributed by atoms with van der Waals surface area (Å²) in [6.07, 6.45) is 6.72. The minimum Gasteiger partial charge on any atom is -0.329 e. The zero-order valence-corrected chi connectivity index (χ0v) is 10.8. The molecule has 1 aliphatic carbocycles. The van der Waals surface area contributed by atoms with Gasteiger partial charge in [-0.1, -0.05) is 6.07 Å². The standard InChI is InChI=1S/C13H17N3S/c1-14-11(10-4-5-10)9-16-7-6-15-13(16)12-3-2-8-17-12/h2-3,6-8,10-11,14H,4-5,9H2,1H3. The smallest absolute Gasteiger partial charge is 0.150 e. The number of hydrogen-bond donors (Lipinski definition) is 1. The number of likely N-dealkylation sites (N-methyl/N-ethyl adjacent to an activating group) is 1. The van der Waals surface area contributed by atoms with Gasteiger partial charge < -0.3 is 9.88 Å². The summed E-state index contributed by atoms with van der Waals surface area (Å²) in [5.41, 5.74) is 0. The molecule has 2 aromatic rings. The van der Waals surface area contributed by atoms with Crippen LogP contribution in [0, 0.1) is 5.92 Å². The fourth-order valence-corrected chi connectivity index (χ4v) is 3.01. The van der Waals surface area contributed by atoms with Crippen LogP contribution >= 0.6 is 11.3 Å². The van der Waals surface area contributed by atoms with Crippen molar-refractivity contribution in [1.82, 2.24) is 14.9 Å². The van der Waals surface area contributed by atoms with Crippen LogP contribution in [0.25, 0.3) is 10.7 Å². The molecule has 90 valence electrons. The predicted molar refractivity (Wildman–Crippen MR) is 71.1 cm³/mol. The molecule has 1 atom stereocenters. The van der Waals surface area contributed by atoms with Crippen molar-refractivity contribution in [3.63, 3.8) is 0 Å². The number of nitrogens with one attached hydrogen (secondary N) is 1. The third kappa shape index (κ3) is 2.28. The molecule has 1 N–H and O–H groups in total. The van der Waals surface area contributed by atoms with Crippen molar-refractivity contribution in [2.75, 3.05) is 7.05 Å². The number of aromatic nitrogens is 2. The summed E-state index contributed by atoms with van der Waals surface area (Å²) in [4.78, 5) is 5.72. The Labute approximate surface area is 106 Å². The summed E-state index contributed by atoms with van der Waals surface area (Å²) >= 11 is 1.75. The molecule has 1 aliphatic rings. The van der Waals surface area contributed by atoms with Crippen LogP contribution in [0.2, 0.25) is 0 Å². The zero-order valence-electron chi connectivity index (χ0n) is 9.97. The highest BCUT2D eigenvalue weighted by atomic mass is 32.1. The quantitative estimate of drug-likeness (QED) is 0.880. The molecule has 3 rings (SSSR count). The summed E-state index contributed by atoms with van der Waals surface area (Å²) < 4.78 is 2.27. The van der Waals surface area contributed by atoms with Gasteiger partial charge in [0.1, 0.15) is 5.82 Å². The summed E-state index contributed by atoms with van der Waals surface area (Å²) in [6, 6.07) is 4.80. The third-order valence-corrected chi connectivity index (χ3v) is 4.28. The van der Waals surface area contributed by atoms with E-state index < -0.39 is 0 Å². The Bertz CT molecular complexity index is 471. The first-order chi connectivity index (χ1) is 8.38. The molecule has 0 spiro atoms. The van der Waals surface area contributed by atoms with Crippen LogP contribution in [0.15, 0.2) is 29.9 Å². The van der Waals surface area contributed by atoms with E-state index >= 15 is 0 Å². The number of hydrogen-bond acceptors (Lipinski definition) is 3. The highest BCUT2D eigenvalue weighted by molar-refractivity contribution is 7.13. The van der Waals surface area contributed by atoms with Gasteiger partial charge in [-0.15, -0.1) is 11.3 Å². The lowest BCUT2D eigenvalue weighted by Gasteiger charge is -2.17. The lowest BCUT2D eigenvalue weighted by atomic mass is 10.2. The van der Waals surface area contributed by atoms with Crippen molar-refractivity contribution in [1.29, 1.82) is 0 Å². The molecule has 0 aromatic carbocycles. The molecule has 17 heavy (non-hydrogen) atoms. The number of rotatable bonds is 5. The summed E-state index contributed by atoms with van der Waals surface area (Å²) in [5, 5.41) is 5.53. The van der Waals surface area contributed by atoms with Crippen molar-refractivity contribution in [2.24, 2.45) is 5.92 Å². The molecule has 3 nitrogen and oxygen atoms in total. The molecule has 0 aliphatic heterocycles. The van der Waals surface area contributed by atoms with Crippen molar-refractivity contribution in [3.05, 3.63) is 29.9 Å². The first kappa shape index (κ1) is 11.0. The fraction of sp³-hybridized carbons (Fsp3) is 0.462. The maximum absolute atomic E-state index is 4.47. The highest BCUT2D eigenvalue weighted by Gasteiger charge is 2.30. The topological polar surface area (TPSA) is 29.9 Å². The molecule has 0 saturated heterocycles. The van der Waals surface area contributed by atoms with E-state index in [1.54, 1.807) is 11.3 Å². The van der Waals surface area contributed by atoms with Gasteiger partial charge in [-0.05, 0) is 37.3 Å². The Balaban J connectivity index is 1.81. The minimum absolute atomic E-state index is 0.586. The number of imidazole rings is 1. The Morgan fingerprint density at radius 1 is 1.59 bits per heavy atom. The minimum atomic E-state index is 0.586. The summed E-state index contributed by atoms with van der Waals surface area (Å²) in [5.74, 6) is 1.96. The van der Waals surface area contributed by atoms with Crippen LogP contribution in [0.3, 0.4) is 0 Å². The second kappa shape index (κ2) is 4.63. The number of thiophene rings is 1. The van der Waals surface area contributed by atoms with Crippen LogP contribution in [0.1, 0.15) is 12.8 Å². The maximum Gasteiger partial charge on any atom is 0.150 e. The molecule has 0 amide bonds. The van der Waals surface area contributed by atoms with Crippen molar-refractivity contribution < 1.29 is 0 Å². The molecule has 1 saturated carbocycles. The number of nitrogens with zero attached hydrogens (tertiary/aromatic N) is 2. The Kier molecular flexibility index (Phi) is 2.99. The highest BCUT2D eigenvalue weighted by Crippen LogP contribution is 2.34. The van der Waals surface area contributed by atoms with E-state index in [1.165, 1.54) is 17.7 Å². The molecular formula is C13H17N3S. The van der Waals surface area contributed by atoms with E-state index in [0.29, 0.717) is 6.04 Å². The first-order valence-electron chi connectivity index (χ1n) is 6.11. The Morgan fingerprint density at radius 3 is 3.12 bits per heavy atom. The average molecular weight is 247 g/mol. The monoisotopic (exact) mass is 247 g/mol. The zero-order chi connectivity index (χ0) is 11.7. The van der Waals surface area contributed by atoms with Gasteiger partial charge in [0.2, 0.25) is 0 Å². The second-order valence-corrected chi connectivity index (χ2v) is 5.56. The maximum atomic E-state index is 4.47. The molecule has 2 heterocycles. The fourth-order valence-electron chi connectivity index (χ4n) is 2.27. The largest absolute Gasteiger partial charge is 0.329 e. The lowest BCUT2D eigenvalue weighted by molar-refractivity contribution is 0.438. The van der Waals surface area contributed by atoms with Crippen LogP contribution < -0.4 is 5.32 Å². The van der Waals surface area contributed by atoms with Crippen LogP contribution in [-0.2, 0) is 6.54 Å². The molecule has 1 unspecified atom stereocenters. The second-order valence-electron chi connectivity index (χ2n) is 4.61. The van der Waals surface area contributed by atoms with E-state index in [1.807, 2.05) is 6.20 Å². The van der Waals surface area contributed by atoms with Gasteiger partial charge in [0, 0.05) is 25.0 Å². The SMILES string of the molecule is CNC(Cn1ccnc1-c1cccs1)C1CC1. The van der Waals surface area contributed by atoms with E-state index in [0.717, 1.165) is 18.3 Å². The van der Waals surface area contributed by atoms with Crippen molar-refractivity contribution in [3.8, 4) is 10.7 Å². The Morgan fingerprint density at radius 2 is 2.47 bits per heavy atom. The van der Waals surface area contributed by atoms with Crippen LogP contribution in [0.5, 0.6) is 0 Å². The van der Waals surface area contributed by atoms with Gasteiger partial charge in [-0.3, -0.25) is 0 Å². The van der Waals surface area contributed by atoms with E-state index in [-0.39, 0.29) is 0 Å². The van der Waals surface area contributed by atoms with Gasteiger partial charge in [-0.25, -0.2) is 4.98 Å². The van der Waals surface area contributed by atoms with Gasteiger partial charge in [0.05, 0.1) is 4.88 Å². The van der Waals surface area contributed by atoms with Crippen molar-refractivity contribution >= 4 is 11.3 Å². The van der Waals surface area contributed by atoms with E-state index in [4.69, 9.17) is 0 Å². The Hall–Kier alpha value is -1.13. The van der Waals surface area contributed by atoms with Crippen LogP contribution in [-0.4, -0.2) is 22.6 Å². The molecular weight excluding hydrogens is 230 g/mol. The predicted octanol–water partition coefficient (Wildman–Crippen LogP) is 2.61. The van der Waals surface area contributed by atoms with Crippen LogP contribution in [0.4, 0.5) is 0 Å². The molecule has 1 fully saturated rings. The van der Waals surface area contributed by atoms with Crippen molar-refractivity contribution in [2.45, 2.75) is 25.4 Å². The van der Waals surface area contributed by atoms with E-state index in [9.17, 15) is 0 Å². The molecule has 4 heteroatoms. The lowest BCUT2D eigenvalue weighted by Crippen LogP contribution is -2.32.